The summed E-state index contributed by atoms with van der Waals surface area (Å²) in [6, 6.07) is 0. The molecular weight excluding hydrogens is 112 g/mol. The highest BCUT2D eigenvalue weighted by atomic mass is 16.1. The summed E-state index contributed by atoms with van der Waals surface area (Å²) in [5, 5.41) is 0. The summed E-state index contributed by atoms with van der Waals surface area (Å²) in [6.07, 6.45) is 6.56. The van der Waals surface area contributed by atoms with Gasteiger partial charge in [0.1, 0.15) is 6.29 Å². The van der Waals surface area contributed by atoms with Gasteiger partial charge in [0.15, 0.2) is 0 Å². The van der Waals surface area contributed by atoms with Crippen molar-refractivity contribution in [2.24, 2.45) is 17.8 Å². The molecule has 0 heterocycles. The van der Waals surface area contributed by atoms with Crippen molar-refractivity contribution in [3.05, 3.63) is 0 Å². The third-order valence-corrected chi connectivity index (χ3v) is 2.88. The minimum absolute atomic E-state index is 0.479. The van der Waals surface area contributed by atoms with Gasteiger partial charge < -0.3 is 4.79 Å². The van der Waals surface area contributed by atoms with Crippen LogP contribution < -0.4 is 0 Å². The van der Waals surface area contributed by atoms with E-state index in [4.69, 9.17) is 0 Å². The first-order valence-corrected chi connectivity index (χ1v) is 3.89. The topological polar surface area (TPSA) is 17.1 Å². The number of hydrogen-bond donors (Lipinski definition) is 0. The second kappa shape index (κ2) is 1.83. The van der Waals surface area contributed by atoms with Crippen molar-refractivity contribution < 1.29 is 4.79 Å². The Labute approximate surface area is 55.4 Å². The lowest BCUT2D eigenvalue weighted by Gasteiger charge is -2.04. The van der Waals surface area contributed by atoms with Crippen molar-refractivity contribution in [1.29, 1.82) is 0 Å². The molecule has 2 rings (SSSR count). The molecule has 0 radical (unpaired) electrons. The summed E-state index contributed by atoms with van der Waals surface area (Å²) >= 11 is 0. The maximum atomic E-state index is 10.3. The SMILES string of the molecule is O=CC1[C@H]2CCCC[C@@H]12. The standard InChI is InChI=1S/C8H12O/c9-5-8-6-3-1-2-4-7(6)8/h5-8H,1-4H2/t6-,7+,8?. The summed E-state index contributed by atoms with van der Waals surface area (Å²) < 4.78 is 0. The minimum atomic E-state index is 0.479. The summed E-state index contributed by atoms with van der Waals surface area (Å²) in [5.74, 6) is 2.11. The molecule has 0 aromatic carbocycles. The lowest BCUT2D eigenvalue weighted by Crippen LogP contribution is -1.91. The molecule has 0 aromatic heterocycles. The van der Waals surface area contributed by atoms with Gasteiger partial charge in [-0.25, -0.2) is 0 Å². The molecule has 2 fully saturated rings. The molecule has 1 nitrogen and oxygen atoms in total. The lowest BCUT2D eigenvalue weighted by molar-refractivity contribution is -0.109. The van der Waals surface area contributed by atoms with E-state index in [-0.39, 0.29) is 0 Å². The van der Waals surface area contributed by atoms with Crippen LogP contribution in [0.2, 0.25) is 0 Å². The normalized spacial score (nSPS) is 47.8. The third-order valence-electron chi connectivity index (χ3n) is 2.88. The van der Waals surface area contributed by atoms with Crippen molar-refractivity contribution in [2.45, 2.75) is 25.7 Å². The molecule has 2 saturated carbocycles. The van der Waals surface area contributed by atoms with E-state index in [1.165, 1.54) is 32.0 Å². The van der Waals surface area contributed by atoms with E-state index >= 15 is 0 Å². The van der Waals surface area contributed by atoms with E-state index in [9.17, 15) is 4.79 Å². The Morgan fingerprint density at radius 2 is 1.67 bits per heavy atom. The molecule has 0 saturated heterocycles. The molecule has 0 aliphatic heterocycles. The molecule has 0 aromatic rings. The lowest BCUT2D eigenvalue weighted by atomic mass is 10.0. The molecule has 1 heteroatoms. The molecule has 0 amide bonds. The Bertz CT molecular complexity index is 119. The van der Waals surface area contributed by atoms with Gasteiger partial charge in [0, 0.05) is 5.92 Å². The minimum Gasteiger partial charge on any atom is -0.303 e. The zero-order valence-corrected chi connectivity index (χ0v) is 5.55. The number of carbonyl (C=O) groups is 1. The Morgan fingerprint density at radius 3 is 2.11 bits per heavy atom. The molecule has 2 aliphatic rings. The Kier molecular flexibility index (Phi) is 1.11. The largest absolute Gasteiger partial charge is 0.303 e. The van der Waals surface area contributed by atoms with Gasteiger partial charge in [0.05, 0.1) is 0 Å². The maximum absolute atomic E-state index is 10.3. The van der Waals surface area contributed by atoms with E-state index in [1.807, 2.05) is 0 Å². The van der Waals surface area contributed by atoms with E-state index in [2.05, 4.69) is 0 Å². The number of rotatable bonds is 1. The van der Waals surface area contributed by atoms with Crippen LogP contribution in [0.25, 0.3) is 0 Å². The monoisotopic (exact) mass is 124 g/mol. The molecule has 2 aliphatic carbocycles. The average Bonchev–Trinajstić information content (AvgIpc) is 2.60. The first kappa shape index (κ1) is 5.45. The zero-order chi connectivity index (χ0) is 6.27. The molecule has 3 atom stereocenters. The van der Waals surface area contributed by atoms with Crippen LogP contribution in [0.1, 0.15) is 25.7 Å². The first-order valence-electron chi connectivity index (χ1n) is 3.89. The molecular formula is C8H12O. The first-order chi connectivity index (χ1) is 4.43. The van der Waals surface area contributed by atoms with Gasteiger partial charge in [-0.15, -0.1) is 0 Å². The highest BCUT2D eigenvalue weighted by Gasteiger charge is 2.50. The predicted octanol–water partition coefficient (Wildman–Crippen LogP) is 1.62. The van der Waals surface area contributed by atoms with Gasteiger partial charge >= 0.3 is 0 Å². The predicted molar refractivity (Wildman–Crippen MR) is 35.0 cm³/mol. The van der Waals surface area contributed by atoms with Gasteiger partial charge in [-0.2, -0.15) is 0 Å². The van der Waals surface area contributed by atoms with E-state index in [0.29, 0.717) is 5.92 Å². The van der Waals surface area contributed by atoms with E-state index < -0.39 is 0 Å². The van der Waals surface area contributed by atoms with Crippen LogP contribution in [0.3, 0.4) is 0 Å². The summed E-state index contributed by atoms with van der Waals surface area (Å²) in [4.78, 5) is 10.3. The van der Waals surface area contributed by atoms with Gasteiger partial charge in [-0.3, -0.25) is 0 Å². The van der Waals surface area contributed by atoms with Crippen molar-refractivity contribution in [2.75, 3.05) is 0 Å². The molecule has 1 unspecified atom stereocenters. The number of carbonyl (C=O) groups excluding carboxylic acids is 1. The number of fused-ring (bicyclic) bond motifs is 1. The summed E-state index contributed by atoms with van der Waals surface area (Å²) in [7, 11) is 0. The van der Waals surface area contributed by atoms with Gasteiger partial charge in [0.25, 0.3) is 0 Å². The Morgan fingerprint density at radius 1 is 1.11 bits per heavy atom. The van der Waals surface area contributed by atoms with E-state index in [0.717, 1.165) is 11.8 Å². The fourth-order valence-corrected chi connectivity index (χ4v) is 2.25. The zero-order valence-electron chi connectivity index (χ0n) is 5.55. The smallest absolute Gasteiger partial charge is 0.123 e. The van der Waals surface area contributed by atoms with Crippen LogP contribution in [0.4, 0.5) is 0 Å². The second-order valence-corrected chi connectivity index (χ2v) is 3.33. The molecule has 0 spiro atoms. The number of hydrogen-bond acceptors (Lipinski definition) is 1. The molecule has 50 valence electrons. The van der Waals surface area contributed by atoms with Crippen LogP contribution in [0.5, 0.6) is 0 Å². The van der Waals surface area contributed by atoms with Crippen LogP contribution in [0.15, 0.2) is 0 Å². The fourth-order valence-electron chi connectivity index (χ4n) is 2.25. The van der Waals surface area contributed by atoms with Crippen LogP contribution >= 0.6 is 0 Å². The van der Waals surface area contributed by atoms with Crippen molar-refractivity contribution in [3.63, 3.8) is 0 Å². The van der Waals surface area contributed by atoms with Gasteiger partial charge in [0.2, 0.25) is 0 Å². The average molecular weight is 124 g/mol. The Hall–Kier alpha value is -0.330. The number of aldehydes is 1. The van der Waals surface area contributed by atoms with Crippen LogP contribution in [0, 0.1) is 17.8 Å². The van der Waals surface area contributed by atoms with Crippen molar-refractivity contribution in [3.8, 4) is 0 Å². The summed E-state index contributed by atoms with van der Waals surface area (Å²) in [5.41, 5.74) is 0. The van der Waals surface area contributed by atoms with Gasteiger partial charge in [-0.05, 0) is 24.7 Å². The van der Waals surface area contributed by atoms with Crippen LogP contribution in [-0.4, -0.2) is 6.29 Å². The van der Waals surface area contributed by atoms with Crippen molar-refractivity contribution >= 4 is 6.29 Å². The van der Waals surface area contributed by atoms with E-state index in [1.54, 1.807) is 0 Å². The molecule has 0 N–H and O–H groups in total. The van der Waals surface area contributed by atoms with Crippen molar-refractivity contribution in [1.82, 2.24) is 0 Å². The highest BCUT2D eigenvalue weighted by molar-refractivity contribution is 5.59. The second-order valence-electron chi connectivity index (χ2n) is 3.33. The highest BCUT2D eigenvalue weighted by Crippen LogP contribution is 2.53. The fraction of sp³-hybridized carbons (Fsp3) is 0.875. The third kappa shape index (κ3) is 0.707. The van der Waals surface area contributed by atoms with Crippen LogP contribution in [-0.2, 0) is 4.79 Å². The molecule has 0 bridgehead atoms. The van der Waals surface area contributed by atoms with Gasteiger partial charge in [-0.1, -0.05) is 12.8 Å². The quantitative estimate of drug-likeness (QED) is 0.485. The Balaban J connectivity index is 1.98. The maximum Gasteiger partial charge on any atom is 0.123 e. The summed E-state index contributed by atoms with van der Waals surface area (Å²) in [6.45, 7) is 0. The molecule has 9 heavy (non-hydrogen) atoms.